The average Bonchev–Trinajstić information content (AvgIpc) is 3.22. The van der Waals surface area contributed by atoms with Crippen LogP contribution in [0, 0.1) is 28.6 Å². The molecule has 4 rings (SSSR count). The predicted octanol–water partition coefficient (Wildman–Crippen LogP) is -0.918. The van der Waals surface area contributed by atoms with E-state index in [0.717, 1.165) is 0 Å². The van der Waals surface area contributed by atoms with Crippen LogP contribution in [0.5, 0.6) is 0 Å². The van der Waals surface area contributed by atoms with Gasteiger partial charge in [0.15, 0.2) is 5.60 Å². The lowest BCUT2D eigenvalue weighted by Gasteiger charge is -2.44. The Kier molecular flexibility index (Phi) is 3.88. The van der Waals surface area contributed by atoms with Gasteiger partial charge in [0.2, 0.25) is 11.4 Å². The van der Waals surface area contributed by atoms with Crippen molar-refractivity contribution >= 4 is 23.6 Å². The van der Waals surface area contributed by atoms with E-state index in [1.54, 1.807) is 0 Å². The molecule has 0 aromatic carbocycles. The minimum absolute atomic E-state index is 0.178. The van der Waals surface area contributed by atoms with Crippen molar-refractivity contribution < 1.29 is 44.1 Å². The van der Waals surface area contributed by atoms with Crippen LogP contribution in [-0.4, -0.2) is 62.5 Å². The number of amides is 1. The van der Waals surface area contributed by atoms with Crippen molar-refractivity contribution in [1.29, 1.82) is 0 Å². The first-order chi connectivity index (χ1) is 13.3. The standard InChI is InChI=1S/C19H25NO9/c1-7-14(23)28-10-6-17-9(29-15(24)19(17,26)18(7,10)25)5-8(16(2,3)4)11(17)12(21)13(22)20-27/h7-11,25-27H,5-6H2,1-4H3,(H,20,22)/t7-,8-,9-,10+,11-,17-,18-,19-/m1/s1. The quantitative estimate of drug-likeness (QED) is 0.195. The molecule has 4 fully saturated rings. The van der Waals surface area contributed by atoms with Crippen LogP contribution >= 0.6 is 0 Å². The number of rotatable bonds is 2. The van der Waals surface area contributed by atoms with E-state index in [1.165, 1.54) is 12.4 Å². The van der Waals surface area contributed by atoms with Gasteiger partial charge in [-0.25, -0.2) is 10.3 Å². The molecule has 10 nitrogen and oxygen atoms in total. The number of ketones is 1. The fraction of sp³-hybridized carbons (Fsp3) is 0.789. The molecule has 0 unspecified atom stereocenters. The van der Waals surface area contributed by atoms with E-state index in [2.05, 4.69) is 0 Å². The van der Waals surface area contributed by atoms with E-state index in [4.69, 9.17) is 14.7 Å². The van der Waals surface area contributed by atoms with Gasteiger partial charge in [0.1, 0.15) is 12.2 Å². The minimum atomic E-state index is -2.61. The molecule has 1 amide bonds. The van der Waals surface area contributed by atoms with Gasteiger partial charge < -0.3 is 19.7 Å². The summed E-state index contributed by atoms with van der Waals surface area (Å²) in [4.78, 5) is 50.2. The molecular weight excluding hydrogens is 386 g/mol. The van der Waals surface area contributed by atoms with E-state index >= 15 is 0 Å². The summed E-state index contributed by atoms with van der Waals surface area (Å²) in [5.74, 6) is -7.18. The smallest absolute Gasteiger partial charge is 0.342 e. The second kappa shape index (κ2) is 5.55. The Bertz CT molecular complexity index is 834. The van der Waals surface area contributed by atoms with Crippen LogP contribution in [0.1, 0.15) is 40.5 Å². The third-order valence-electron chi connectivity index (χ3n) is 7.80. The Morgan fingerprint density at radius 3 is 2.31 bits per heavy atom. The van der Waals surface area contributed by atoms with E-state index in [1.807, 2.05) is 20.8 Å². The number of carbonyl (C=O) groups excluding carboxylic acids is 4. The van der Waals surface area contributed by atoms with Gasteiger partial charge in [0.05, 0.1) is 11.3 Å². The summed E-state index contributed by atoms with van der Waals surface area (Å²) in [5.41, 5.74) is -5.79. The first-order valence-electron chi connectivity index (χ1n) is 9.63. The molecule has 0 bridgehead atoms. The van der Waals surface area contributed by atoms with Crippen LogP contribution in [-0.2, 0) is 28.7 Å². The maximum atomic E-state index is 13.1. The van der Waals surface area contributed by atoms with E-state index in [0.29, 0.717) is 0 Å². The lowest BCUT2D eigenvalue weighted by atomic mass is 9.58. The van der Waals surface area contributed by atoms with Crippen LogP contribution in [0.4, 0.5) is 0 Å². The number of aliphatic hydroxyl groups is 2. The highest BCUT2D eigenvalue weighted by Gasteiger charge is 2.90. The van der Waals surface area contributed by atoms with Crippen molar-refractivity contribution in [3.8, 4) is 0 Å². The molecule has 0 radical (unpaired) electrons. The largest absolute Gasteiger partial charge is 0.459 e. The topological polar surface area (TPSA) is 159 Å². The normalized spacial score (nSPS) is 47.9. The molecule has 1 spiro atoms. The summed E-state index contributed by atoms with van der Waals surface area (Å²) in [7, 11) is 0. The predicted molar refractivity (Wildman–Crippen MR) is 91.9 cm³/mol. The number of ether oxygens (including phenoxy) is 2. The number of hydrogen-bond donors (Lipinski definition) is 4. The second-order valence-electron chi connectivity index (χ2n) is 9.81. The number of hydroxylamine groups is 1. The molecule has 2 aliphatic heterocycles. The second-order valence-corrected chi connectivity index (χ2v) is 9.81. The Labute approximate surface area is 166 Å². The molecular formula is C19H25NO9. The van der Waals surface area contributed by atoms with E-state index in [9.17, 15) is 29.4 Å². The summed E-state index contributed by atoms with van der Waals surface area (Å²) in [6.07, 6.45) is -2.21. The van der Waals surface area contributed by atoms with Crippen molar-refractivity contribution in [1.82, 2.24) is 5.48 Å². The van der Waals surface area contributed by atoms with E-state index < -0.39 is 75.6 Å². The summed E-state index contributed by atoms with van der Waals surface area (Å²) >= 11 is 0. The first kappa shape index (κ1) is 20.2. The maximum absolute atomic E-state index is 13.1. The van der Waals surface area contributed by atoms with Gasteiger partial charge in [0, 0.05) is 12.3 Å². The number of Topliss-reactive ketones (excluding diaryl/α,β-unsaturated/α-hetero) is 1. The zero-order chi connectivity index (χ0) is 21.7. The van der Waals surface area contributed by atoms with Crippen LogP contribution in [0.25, 0.3) is 0 Å². The first-order valence-corrected chi connectivity index (χ1v) is 9.63. The van der Waals surface area contributed by atoms with Crippen molar-refractivity contribution in [2.75, 3.05) is 0 Å². The number of esters is 2. The maximum Gasteiger partial charge on any atom is 0.342 e. The monoisotopic (exact) mass is 411 g/mol. The molecule has 10 heteroatoms. The van der Waals surface area contributed by atoms with Crippen molar-refractivity contribution in [2.24, 2.45) is 28.6 Å². The van der Waals surface area contributed by atoms with Gasteiger partial charge in [0.25, 0.3) is 0 Å². The van der Waals surface area contributed by atoms with Crippen molar-refractivity contribution in [3.05, 3.63) is 0 Å². The lowest BCUT2D eigenvalue weighted by molar-refractivity contribution is -0.203. The van der Waals surface area contributed by atoms with Crippen LogP contribution in [0.3, 0.4) is 0 Å². The Morgan fingerprint density at radius 1 is 1.14 bits per heavy atom. The number of hydrogen-bond acceptors (Lipinski definition) is 9. The highest BCUT2D eigenvalue weighted by atomic mass is 16.6. The zero-order valence-corrected chi connectivity index (χ0v) is 16.6. The average molecular weight is 411 g/mol. The molecule has 4 N–H and O–H groups in total. The highest BCUT2D eigenvalue weighted by molar-refractivity contribution is 6.37. The van der Waals surface area contributed by atoms with Gasteiger partial charge in [-0.15, -0.1) is 0 Å². The summed E-state index contributed by atoms with van der Waals surface area (Å²) in [6, 6.07) is 0. The molecule has 160 valence electrons. The molecule has 2 heterocycles. The zero-order valence-electron chi connectivity index (χ0n) is 16.6. The molecule has 4 aliphatic rings. The van der Waals surface area contributed by atoms with Crippen LogP contribution < -0.4 is 5.48 Å². The summed E-state index contributed by atoms with van der Waals surface area (Å²) in [5, 5.41) is 32.2. The van der Waals surface area contributed by atoms with Crippen molar-refractivity contribution in [3.63, 3.8) is 0 Å². The molecule has 2 saturated heterocycles. The molecule has 29 heavy (non-hydrogen) atoms. The van der Waals surface area contributed by atoms with Gasteiger partial charge in [-0.1, -0.05) is 20.8 Å². The Hall–Kier alpha value is -2.04. The SMILES string of the molecule is C[C@@H]1C(=O)O[C@H]2C[C@@]34[C@@H](C[C@@H](C(C)(C)C)[C@@H]3C(=O)C(=O)NO)OC(=O)[C@]4(O)[C@]21O. The van der Waals surface area contributed by atoms with Gasteiger partial charge in [-0.05, 0) is 24.7 Å². The summed E-state index contributed by atoms with van der Waals surface area (Å²) < 4.78 is 10.7. The fourth-order valence-electron chi connectivity index (χ4n) is 6.40. The molecule has 2 saturated carbocycles. The van der Waals surface area contributed by atoms with Gasteiger partial charge >= 0.3 is 17.8 Å². The van der Waals surface area contributed by atoms with Crippen LogP contribution in [0.2, 0.25) is 0 Å². The Morgan fingerprint density at radius 2 is 1.76 bits per heavy atom. The number of carbonyl (C=O) groups is 4. The minimum Gasteiger partial charge on any atom is -0.459 e. The van der Waals surface area contributed by atoms with Gasteiger partial charge in [-0.3, -0.25) is 19.6 Å². The fourth-order valence-corrected chi connectivity index (χ4v) is 6.40. The Balaban J connectivity index is 1.95. The summed E-state index contributed by atoms with van der Waals surface area (Å²) in [6.45, 7) is 6.88. The number of nitrogens with one attached hydrogen (secondary N) is 1. The third-order valence-corrected chi connectivity index (χ3v) is 7.80. The molecule has 0 aromatic rings. The molecule has 2 aliphatic carbocycles. The van der Waals surface area contributed by atoms with Gasteiger partial charge in [-0.2, -0.15) is 0 Å². The van der Waals surface area contributed by atoms with Crippen molar-refractivity contribution in [2.45, 2.75) is 63.9 Å². The lowest BCUT2D eigenvalue weighted by Crippen LogP contribution is -2.67. The molecule has 0 aromatic heterocycles. The number of fused-ring (bicyclic) bond motifs is 2. The van der Waals surface area contributed by atoms with Crippen LogP contribution in [0.15, 0.2) is 0 Å². The highest BCUT2D eigenvalue weighted by Crippen LogP contribution is 2.73. The molecule has 8 atom stereocenters. The third kappa shape index (κ3) is 1.97. The van der Waals surface area contributed by atoms with E-state index in [-0.39, 0.29) is 12.8 Å².